The van der Waals surface area contributed by atoms with E-state index in [2.05, 4.69) is 64.6 Å². The number of aliphatic imine (C=N–C) groups is 1. The molecule has 3 rings (SSSR count). The molecule has 0 saturated carbocycles. The van der Waals surface area contributed by atoms with E-state index in [-0.39, 0.29) is 24.0 Å². The van der Waals surface area contributed by atoms with Gasteiger partial charge < -0.3 is 15.5 Å². The monoisotopic (exact) mass is 513 g/mol. The van der Waals surface area contributed by atoms with Crippen LogP contribution in [-0.4, -0.2) is 68.1 Å². The zero-order valence-electron chi connectivity index (χ0n) is 18.3. The van der Waals surface area contributed by atoms with Crippen LogP contribution in [0.1, 0.15) is 51.1 Å². The molecule has 164 valence electrons. The lowest BCUT2D eigenvalue weighted by Crippen LogP contribution is -2.41. The van der Waals surface area contributed by atoms with Gasteiger partial charge in [-0.3, -0.25) is 9.89 Å². The largest absolute Gasteiger partial charge is 0.357 e. The fraction of sp³-hybridized carbons (Fsp3) is 0.696. The van der Waals surface area contributed by atoms with E-state index in [0.717, 1.165) is 31.5 Å². The summed E-state index contributed by atoms with van der Waals surface area (Å²) < 4.78 is 0. The van der Waals surface area contributed by atoms with Gasteiger partial charge in [0.1, 0.15) is 0 Å². The van der Waals surface area contributed by atoms with Gasteiger partial charge in [-0.1, -0.05) is 37.3 Å². The topological polar surface area (TPSA) is 42.9 Å². The lowest BCUT2D eigenvalue weighted by atomic mass is 10.1. The minimum absolute atomic E-state index is 0. The molecular weight excluding hydrogens is 473 g/mol. The van der Waals surface area contributed by atoms with Crippen LogP contribution in [0.3, 0.4) is 0 Å². The number of nitrogens with one attached hydrogen (secondary N) is 2. The summed E-state index contributed by atoms with van der Waals surface area (Å²) in [6.07, 6.45) is 5.16. The molecule has 2 aliphatic heterocycles. The number of hydrogen-bond acceptors (Lipinski definition) is 3. The highest BCUT2D eigenvalue weighted by Gasteiger charge is 2.24. The van der Waals surface area contributed by atoms with Crippen molar-refractivity contribution in [3.8, 4) is 0 Å². The van der Waals surface area contributed by atoms with Gasteiger partial charge in [0.15, 0.2) is 5.96 Å². The van der Waals surface area contributed by atoms with Crippen molar-refractivity contribution in [1.82, 2.24) is 20.4 Å². The molecule has 1 aromatic rings. The normalized spacial score (nSPS) is 21.7. The van der Waals surface area contributed by atoms with Crippen molar-refractivity contribution in [3.05, 3.63) is 35.9 Å². The predicted octanol–water partition coefficient (Wildman–Crippen LogP) is 3.73. The molecule has 0 aromatic heterocycles. The standard InChI is InChI=1S/C23H39N5.HI/c1-3-13-27-16-12-20(19-27)17-25-23(24-4-2)26-18-22(28-14-8-9-15-28)21-10-6-5-7-11-21;/h5-7,10-11,20,22H,3-4,8-9,12-19H2,1-2H3,(H2,24,25,26);1H. The Hall–Kier alpha value is -0.860. The Morgan fingerprint density at radius 1 is 1.10 bits per heavy atom. The zero-order valence-corrected chi connectivity index (χ0v) is 20.6. The quantitative estimate of drug-likeness (QED) is 0.300. The lowest BCUT2D eigenvalue weighted by Gasteiger charge is -2.27. The van der Waals surface area contributed by atoms with E-state index in [1.165, 1.54) is 64.0 Å². The van der Waals surface area contributed by atoms with E-state index in [1.54, 1.807) is 0 Å². The number of likely N-dealkylation sites (tertiary alicyclic amines) is 2. The molecule has 2 heterocycles. The first-order valence-electron chi connectivity index (χ1n) is 11.3. The fourth-order valence-corrected chi connectivity index (χ4v) is 4.52. The van der Waals surface area contributed by atoms with Gasteiger partial charge in [0, 0.05) is 19.6 Å². The van der Waals surface area contributed by atoms with E-state index in [0.29, 0.717) is 6.04 Å². The van der Waals surface area contributed by atoms with E-state index in [9.17, 15) is 0 Å². The first-order chi connectivity index (χ1) is 13.8. The molecule has 2 saturated heterocycles. The third-order valence-corrected chi connectivity index (χ3v) is 6.00. The second-order valence-corrected chi connectivity index (χ2v) is 8.23. The third-order valence-electron chi connectivity index (χ3n) is 6.00. The van der Waals surface area contributed by atoms with Gasteiger partial charge in [-0.05, 0) is 70.3 Å². The summed E-state index contributed by atoms with van der Waals surface area (Å²) in [5.41, 5.74) is 1.38. The van der Waals surface area contributed by atoms with Crippen molar-refractivity contribution in [2.45, 2.75) is 45.6 Å². The smallest absolute Gasteiger partial charge is 0.191 e. The van der Waals surface area contributed by atoms with Crippen LogP contribution in [0, 0.1) is 5.92 Å². The molecule has 1 aromatic carbocycles. The molecule has 2 fully saturated rings. The van der Waals surface area contributed by atoms with Crippen LogP contribution >= 0.6 is 24.0 Å². The minimum Gasteiger partial charge on any atom is -0.357 e. The summed E-state index contributed by atoms with van der Waals surface area (Å²) >= 11 is 0. The Morgan fingerprint density at radius 2 is 1.86 bits per heavy atom. The summed E-state index contributed by atoms with van der Waals surface area (Å²) in [6.45, 7) is 13.2. The lowest BCUT2D eigenvalue weighted by molar-refractivity contribution is 0.251. The van der Waals surface area contributed by atoms with E-state index in [4.69, 9.17) is 4.99 Å². The molecule has 0 bridgehead atoms. The second-order valence-electron chi connectivity index (χ2n) is 8.23. The van der Waals surface area contributed by atoms with Crippen LogP contribution < -0.4 is 10.6 Å². The Bertz CT molecular complexity index is 588. The molecule has 2 atom stereocenters. The van der Waals surface area contributed by atoms with Gasteiger partial charge in [-0.25, -0.2) is 0 Å². The molecule has 0 aliphatic carbocycles. The number of nitrogens with zero attached hydrogens (tertiary/aromatic N) is 3. The average Bonchev–Trinajstić information content (AvgIpc) is 3.40. The number of guanidine groups is 1. The maximum Gasteiger partial charge on any atom is 0.191 e. The van der Waals surface area contributed by atoms with Crippen molar-refractivity contribution in [2.75, 3.05) is 52.4 Å². The summed E-state index contributed by atoms with van der Waals surface area (Å²) in [4.78, 5) is 10.2. The van der Waals surface area contributed by atoms with Crippen LogP contribution in [0.5, 0.6) is 0 Å². The molecule has 0 spiro atoms. The SMILES string of the molecule is CCCN1CCC(CNC(=NCC(c2ccccc2)N2CCCC2)NCC)C1.I. The van der Waals surface area contributed by atoms with Crippen LogP contribution in [0.25, 0.3) is 0 Å². The Labute approximate surface area is 194 Å². The summed E-state index contributed by atoms with van der Waals surface area (Å²) in [7, 11) is 0. The highest BCUT2D eigenvalue weighted by Crippen LogP contribution is 2.25. The van der Waals surface area contributed by atoms with Gasteiger partial charge in [0.05, 0.1) is 12.6 Å². The molecule has 0 amide bonds. The average molecular weight is 514 g/mol. The van der Waals surface area contributed by atoms with Crippen molar-refractivity contribution < 1.29 is 0 Å². The van der Waals surface area contributed by atoms with Crippen LogP contribution in [0.2, 0.25) is 0 Å². The van der Waals surface area contributed by atoms with Gasteiger partial charge in [-0.2, -0.15) is 0 Å². The van der Waals surface area contributed by atoms with Crippen LogP contribution in [0.15, 0.2) is 35.3 Å². The molecular formula is C23H40IN5. The zero-order chi connectivity index (χ0) is 19.6. The van der Waals surface area contributed by atoms with E-state index in [1.807, 2.05) is 0 Å². The van der Waals surface area contributed by atoms with Gasteiger partial charge in [-0.15, -0.1) is 24.0 Å². The summed E-state index contributed by atoms with van der Waals surface area (Å²) in [5, 5.41) is 7.06. The van der Waals surface area contributed by atoms with E-state index >= 15 is 0 Å². The molecule has 5 nitrogen and oxygen atoms in total. The maximum atomic E-state index is 4.99. The molecule has 2 N–H and O–H groups in total. The van der Waals surface area contributed by atoms with Gasteiger partial charge >= 0.3 is 0 Å². The minimum atomic E-state index is 0. The Morgan fingerprint density at radius 3 is 2.55 bits per heavy atom. The van der Waals surface area contributed by atoms with Crippen LogP contribution in [-0.2, 0) is 0 Å². The van der Waals surface area contributed by atoms with Gasteiger partial charge in [0.25, 0.3) is 0 Å². The number of benzene rings is 1. The maximum absolute atomic E-state index is 4.99. The second kappa shape index (κ2) is 13.4. The number of rotatable bonds is 9. The number of hydrogen-bond donors (Lipinski definition) is 2. The van der Waals surface area contributed by atoms with Crippen molar-refractivity contribution in [3.63, 3.8) is 0 Å². The predicted molar refractivity (Wildman–Crippen MR) is 134 cm³/mol. The molecule has 0 radical (unpaired) electrons. The molecule has 2 aliphatic rings. The first kappa shape index (κ1) is 24.4. The van der Waals surface area contributed by atoms with Crippen molar-refractivity contribution in [1.29, 1.82) is 0 Å². The third kappa shape index (κ3) is 7.72. The first-order valence-corrected chi connectivity index (χ1v) is 11.3. The van der Waals surface area contributed by atoms with Crippen molar-refractivity contribution >= 4 is 29.9 Å². The molecule has 29 heavy (non-hydrogen) atoms. The highest BCUT2D eigenvalue weighted by atomic mass is 127. The highest BCUT2D eigenvalue weighted by molar-refractivity contribution is 14.0. The fourth-order valence-electron chi connectivity index (χ4n) is 4.52. The van der Waals surface area contributed by atoms with Crippen LogP contribution in [0.4, 0.5) is 0 Å². The van der Waals surface area contributed by atoms with E-state index < -0.39 is 0 Å². The summed E-state index contributed by atoms with van der Waals surface area (Å²) in [5.74, 6) is 1.70. The van der Waals surface area contributed by atoms with Gasteiger partial charge in [0.2, 0.25) is 0 Å². The summed E-state index contributed by atoms with van der Waals surface area (Å²) in [6, 6.07) is 11.3. The molecule has 6 heteroatoms. The Balaban J connectivity index is 0.00000300. The van der Waals surface area contributed by atoms with Crippen molar-refractivity contribution in [2.24, 2.45) is 10.9 Å². The Kier molecular flexibility index (Phi) is 11.3. The molecule has 2 unspecified atom stereocenters. The number of halogens is 1.